The summed E-state index contributed by atoms with van der Waals surface area (Å²) in [6.45, 7) is 0.793. The van der Waals surface area contributed by atoms with Gasteiger partial charge in [-0.05, 0) is 36.4 Å². The van der Waals surface area contributed by atoms with Gasteiger partial charge in [-0.2, -0.15) is 0 Å². The molecule has 1 saturated heterocycles. The molecule has 0 bridgehead atoms. The molecule has 3 heterocycles. The highest BCUT2D eigenvalue weighted by Crippen LogP contribution is 2.24. The van der Waals surface area contributed by atoms with E-state index in [4.69, 9.17) is 0 Å². The standard InChI is InChI=1S/C19H16FN5O2S/c20-14-3-5-15(6-4-14)25-9-8-24(19(25)27)11-17(26)23-18-22-16(12-28-18)13-2-1-7-21-10-13/h1-7,10,12H,8-9,11H2,(H,22,23,26). The first-order valence-corrected chi connectivity index (χ1v) is 9.46. The number of hydrogen-bond acceptors (Lipinski definition) is 5. The van der Waals surface area contributed by atoms with Gasteiger partial charge in [0, 0.05) is 42.1 Å². The normalized spacial score (nSPS) is 13.8. The number of anilines is 2. The molecule has 4 rings (SSSR count). The number of nitrogens with zero attached hydrogens (tertiary/aromatic N) is 4. The Morgan fingerprint density at radius 1 is 1.21 bits per heavy atom. The van der Waals surface area contributed by atoms with Crippen LogP contribution in [0.1, 0.15) is 0 Å². The number of hydrogen-bond donors (Lipinski definition) is 1. The van der Waals surface area contributed by atoms with Gasteiger partial charge < -0.3 is 10.2 Å². The fourth-order valence-corrected chi connectivity index (χ4v) is 3.64. The molecule has 1 fully saturated rings. The van der Waals surface area contributed by atoms with Crippen molar-refractivity contribution in [1.82, 2.24) is 14.9 Å². The van der Waals surface area contributed by atoms with E-state index in [2.05, 4.69) is 15.3 Å². The minimum Gasteiger partial charge on any atom is -0.313 e. The van der Waals surface area contributed by atoms with Crippen LogP contribution in [0.3, 0.4) is 0 Å². The molecule has 28 heavy (non-hydrogen) atoms. The Morgan fingerprint density at radius 2 is 2.04 bits per heavy atom. The molecule has 1 aliphatic heterocycles. The van der Waals surface area contributed by atoms with Crippen molar-refractivity contribution in [2.75, 3.05) is 29.9 Å². The molecule has 0 unspecified atom stereocenters. The molecule has 3 amide bonds. The molecule has 1 aliphatic rings. The first-order valence-electron chi connectivity index (χ1n) is 8.58. The highest BCUT2D eigenvalue weighted by molar-refractivity contribution is 7.14. The van der Waals surface area contributed by atoms with Crippen molar-refractivity contribution in [1.29, 1.82) is 0 Å². The quantitative estimate of drug-likeness (QED) is 0.717. The van der Waals surface area contributed by atoms with E-state index in [0.717, 1.165) is 11.3 Å². The summed E-state index contributed by atoms with van der Waals surface area (Å²) < 4.78 is 13.1. The van der Waals surface area contributed by atoms with Gasteiger partial charge in [-0.3, -0.25) is 14.7 Å². The summed E-state index contributed by atoms with van der Waals surface area (Å²) >= 11 is 1.31. The van der Waals surface area contributed by atoms with Gasteiger partial charge >= 0.3 is 6.03 Å². The monoisotopic (exact) mass is 397 g/mol. The van der Waals surface area contributed by atoms with Crippen LogP contribution in [0, 0.1) is 5.82 Å². The predicted octanol–water partition coefficient (Wildman–Crippen LogP) is 3.22. The maximum absolute atomic E-state index is 13.1. The number of carbonyl (C=O) groups excluding carboxylic acids is 2. The Bertz CT molecular complexity index is 993. The minimum atomic E-state index is -0.360. The van der Waals surface area contributed by atoms with Gasteiger partial charge in [0.05, 0.1) is 5.69 Å². The Balaban J connectivity index is 1.36. The lowest BCUT2D eigenvalue weighted by molar-refractivity contribution is -0.116. The first kappa shape index (κ1) is 18.1. The van der Waals surface area contributed by atoms with Crippen LogP contribution in [0.15, 0.2) is 54.2 Å². The van der Waals surface area contributed by atoms with Gasteiger partial charge in [-0.15, -0.1) is 11.3 Å². The lowest BCUT2D eigenvalue weighted by Crippen LogP contribution is -2.37. The van der Waals surface area contributed by atoms with Crippen LogP contribution in [0.25, 0.3) is 11.3 Å². The second-order valence-electron chi connectivity index (χ2n) is 6.16. The van der Waals surface area contributed by atoms with Crippen LogP contribution >= 0.6 is 11.3 Å². The highest BCUT2D eigenvalue weighted by atomic mass is 32.1. The summed E-state index contributed by atoms with van der Waals surface area (Å²) in [4.78, 5) is 36.3. The number of aromatic nitrogens is 2. The number of amides is 3. The molecule has 0 atom stereocenters. The fourth-order valence-electron chi connectivity index (χ4n) is 2.90. The van der Waals surface area contributed by atoms with Crippen molar-refractivity contribution in [3.05, 3.63) is 60.0 Å². The average Bonchev–Trinajstić information content (AvgIpc) is 3.31. The van der Waals surface area contributed by atoms with Crippen LogP contribution in [-0.4, -0.2) is 46.4 Å². The number of pyridine rings is 1. The second kappa shape index (κ2) is 7.73. The fraction of sp³-hybridized carbons (Fsp3) is 0.158. The number of rotatable bonds is 5. The molecule has 2 aromatic heterocycles. The van der Waals surface area contributed by atoms with E-state index in [-0.39, 0.29) is 24.3 Å². The van der Waals surface area contributed by atoms with Crippen LogP contribution in [-0.2, 0) is 4.79 Å². The SMILES string of the molecule is O=C(CN1CCN(c2ccc(F)cc2)C1=O)Nc1nc(-c2cccnc2)cs1. The van der Waals surface area contributed by atoms with E-state index >= 15 is 0 Å². The van der Waals surface area contributed by atoms with Gasteiger partial charge in [0.25, 0.3) is 0 Å². The summed E-state index contributed by atoms with van der Waals surface area (Å²) in [5, 5.41) is 5.03. The summed E-state index contributed by atoms with van der Waals surface area (Å²) in [6, 6.07) is 9.13. The van der Waals surface area contributed by atoms with E-state index in [1.54, 1.807) is 24.5 Å². The molecule has 1 aromatic carbocycles. The molecule has 9 heteroatoms. The van der Waals surface area contributed by atoms with E-state index in [1.165, 1.54) is 33.3 Å². The van der Waals surface area contributed by atoms with E-state index in [1.807, 2.05) is 17.5 Å². The zero-order chi connectivity index (χ0) is 19.5. The largest absolute Gasteiger partial charge is 0.325 e. The highest BCUT2D eigenvalue weighted by Gasteiger charge is 2.31. The Labute approximate surface area is 164 Å². The van der Waals surface area contributed by atoms with E-state index in [0.29, 0.717) is 23.9 Å². The van der Waals surface area contributed by atoms with Crippen LogP contribution in [0.4, 0.5) is 20.0 Å². The van der Waals surface area contributed by atoms with E-state index in [9.17, 15) is 14.0 Å². The summed E-state index contributed by atoms with van der Waals surface area (Å²) in [5.74, 6) is -0.679. The zero-order valence-electron chi connectivity index (χ0n) is 14.7. The molecular formula is C19H16FN5O2S. The van der Waals surface area contributed by atoms with Crippen LogP contribution in [0.2, 0.25) is 0 Å². The number of urea groups is 1. The molecule has 0 aliphatic carbocycles. The molecule has 0 spiro atoms. The molecule has 142 valence electrons. The van der Waals surface area contributed by atoms with Crippen molar-refractivity contribution < 1.29 is 14.0 Å². The molecule has 3 aromatic rings. The van der Waals surface area contributed by atoms with Gasteiger partial charge in [0.15, 0.2) is 5.13 Å². The lowest BCUT2D eigenvalue weighted by Gasteiger charge is -2.18. The third kappa shape index (κ3) is 3.84. The van der Waals surface area contributed by atoms with Crippen molar-refractivity contribution >= 4 is 34.1 Å². The number of thiazole rings is 1. The van der Waals surface area contributed by atoms with Crippen molar-refractivity contribution in [3.8, 4) is 11.3 Å². The van der Waals surface area contributed by atoms with Crippen LogP contribution in [0.5, 0.6) is 0 Å². The number of carbonyl (C=O) groups is 2. The van der Waals surface area contributed by atoms with Gasteiger partial charge in [-0.1, -0.05) is 0 Å². The number of benzene rings is 1. The third-order valence-corrected chi connectivity index (χ3v) is 5.03. The molecule has 7 nitrogen and oxygen atoms in total. The Kier molecular flexibility index (Phi) is 4.98. The zero-order valence-corrected chi connectivity index (χ0v) is 15.5. The van der Waals surface area contributed by atoms with Crippen LogP contribution < -0.4 is 10.2 Å². The lowest BCUT2D eigenvalue weighted by atomic mass is 10.2. The topological polar surface area (TPSA) is 78.4 Å². The van der Waals surface area contributed by atoms with Gasteiger partial charge in [0.1, 0.15) is 12.4 Å². The molecule has 0 radical (unpaired) electrons. The number of nitrogens with one attached hydrogen (secondary N) is 1. The molecular weight excluding hydrogens is 381 g/mol. The summed E-state index contributed by atoms with van der Waals surface area (Å²) in [5.41, 5.74) is 2.20. The van der Waals surface area contributed by atoms with Crippen molar-refractivity contribution in [2.45, 2.75) is 0 Å². The molecule has 1 N–H and O–H groups in total. The van der Waals surface area contributed by atoms with E-state index < -0.39 is 0 Å². The summed E-state index contributed by atoms with van der Waals surface area (Å²) in [6.07, 6.45) is 3.38. The number of halogens is 1. The smallest absolute Gasteiger partial charge is 0.313 e. The second-order valence-corrected chi connectivity index (χ2v) is 7.02. The maximum atomic E-state index is 13.1. The maximum Gasteiger partial charge on any atom is 0.325 e. The van der Waals surface area contributed by atoms with Gasteiger partial charge in [0.2, 0.25) is 5.91 Å². The average molecular weight is 397 g/mol. The van der Waals surface area contributed by atoms with Gasteiger partial charge in [-0.25, -0.2) is 14.2 Å². The summed E-state index contributed by atoms with van der Waals surface area (Å²) in [7, 11) is 0. The Morgan fingerprint density at radius 3 is 2.79 bits per heavy atom. The minimum absolute atomic E-state index is 0.0711. The molecule has 0 saturated carbocycles. The first-order chi connectivity index (χ1) is 13.6. The van der Waals surface area contributed by atoms with Crippen molar-refractivity contribution in [3.63, 3.8) is 0 Å². The predicted molar refractivity (Wildman–Crippen MR) is 105 cm³/mol. The Hall–Kier alpha value is -3.33. The van der Waals surface area contributed by atoms with Crippen molar-refractivity contribution in [2.24, 2.45) is 0 Å². The third-order valence-electron chi connectivity index (χ3n) is 4.28.